The minimum Gasteiger partial charge on any atom is -0.452 e. The molecule has 7 nitrogen and oxygen atoms in total. The number of rotatable bonds is 6. The summed E-state index contributed by atoms with van der Waals surface area (Å²) in [5, 5.41) is 6.93. The average Bonchev–Trinajstić information content (AvgIpc) is 3.04. The standard InChI is InChI=1S/C19H26N4O3/c1-18(2,3)11-19(4,5)22-16(24)10-26-17(25)14-6-8-15(9-7-14)23-13-20-12-21-23/h6-9,12-13H,10-11H2,1-5H3,(H,22,24). The third kappa shape index (κ3) is 5.98. The van der Waals surface area contributed by atoms with Gasteiger partial charge in [-0.25, -0.2) is 14.5 Å². The zero-order valence-electron chi connectivity index (χ0n) is 15.9. The Morgan fingerprint density at radius 3 is 2.31 bits per heavy atom. The molecule has 26 heavy (non-hydrogen) atoms. The topological polar surface area (TPSA) is 86.1 Å². The van der Waals surface area contributed by atoms with Crippen molar-refractivity contribution in [3.8, 4) is 5.69 Å². The number of esters is 1. The molecule has 2 aromatic rings. The normalized spacial score (nSPS) is 11.9. The third-order valence-corrected chi connectivity index (χ3v) is 3.57. The zero-order valence-corrected chi connectivity index (χ0v) is 15.9. The van der Waals surface area contributed by atoms with Gasteiger partial charge < -0.3 is 10.1 Å². The molecular formula is C19H26N4O3. The lowest BCUT2D eigenvalue weighted by atomic mass is 9.82. The van der Waals surface area contributed by atoms with E-state index in [0.29, 0.717) is 5.56 Å². The summed E-state index contributed by atoms with van der Waals surface area (Å²) in [4.78, 5) is 28.1. The van der Waals surface area contributed by atoms with Crippen molar-refractivity contribution >= 4 is 11.9 Å². The van der Waals surface area contributed by atoms with Crippen LogP contribution in [0.1, 0.15) is 51.4 Å². The van der Waals surface area contributed by atoms with Gasteiger partial charge in [-0.1, -0.05) is 20.8 Å². The molecule has 1 aromatic carbocycles. The number of hydrogen-bond acceptors (Lipinski definition) is 5. The van der Waals surface area contributed by atoms with Crippen molar-refractivity contribution in [2.24, 2.45) is 5.41 Å². The van der Waals surface area contributed by atoms with Gasteiger partial charge in [-0.15, -0.1) is 0 Å². The summed E-state index contributed by atoms with van der Waals surface area (Å²) in [5.74, 6) is -0.856. The van der Waals surface area contributed by atoms with E-state index in [4.69, 9.17) is 4.74 Å². The first-order chi connectivity index (χ1) is 12.1. The molecule has 0 fully saturated rings. The van der Waals surface area contributed by atoms with Gasteiger partial charge in [-0.2, -0.15) is 5.10 Å². The van der Waals surface area contributed by atoms with Crippen LogP contribution < -0.4 is 5.32 Å². The largest absolute Gasteiger partial charge is 0.452 e. The summed E-state index contributed by atoms with van der Waals surface area (Å²) in [7, 11) is 0. The summed E-state index contributed by atoms with van der Waals surface area (Å²) in [6.45, 7) is 9.95. The van der Waals surface area contributed by atoms with Crippen LogP contribution in [0, 0.1) is 5.41 Å². The Hall–Kier alpha value is -2.70. The van der Waals surface area contributed by atoms with Crippen molar-refractivity contribution in [2.75, 3.05) is 6.61 Å². The van der Waals surface area contributed by atoms with Crippen LogP contribution in [0.3, 0.4) is 0 Å². The molecule has 0 unspecified atom stereocenters. The highest BCUT2D eigenvalue weighted by molar-refractivity contribution is 5.91. The second-order valence-corrected chi connectivity index (χ2v) is 8.13. The van der Waals surface area contributed by atoms with Gasteiger partial charge in [0.1, 0.15) is 12.7 Å². The van der Waals surface area contributed by atoms with Gasteiger partial charge in [0.2, 0.25) is 0 Å². The number of amides is 1. The summed E-state index contributed by atoms with van der Waals surface area (Å²) >= 11 is 0. The highest BCUT2D eigenvalue weighted by Crippen LogP contribution is 2.26. The predicted molar refractivity (Wildman–Crippen MR) is 97.9 cm³/mol. The summed E-state index contributed by atoms with van der Waals surface area (Å²) < 4.78 is 6.69. The fourth-order valence-corrected chi connectivity index (χ4v) is 3.09. The van der Waals surface area contributed by atoms with Crippen LogP contribution in [-0.2, 0) is 9.53 Å². The van der Waals surface area contributed by atoms with Crippen LogP contribution >= 0.6 is 0 Å². The van der Waals surface area contributed by atoms with Crippen LogP contribution in [0.2, 0.25) is 0 Å². The van der Waals surface area contributed by atoms with Crippen molar-refractivity contribution in [3.05, 3.63) is 42.5 Å². The van der Waals surface area contributed by atoms with Gasteiger partial charge in [-0.05, 0) is 49.9 Å². The first-order valence-electron chi connectivity index (χ1n) is 8.49. The first kappa shape index (κ1) is 19.6. The van der Waals surface area contributed by atoms with Crippen molar-refractivity contribution in [1.29, 1.82) is 0 Å². The first-order valence-corrected chi connectivity index (χ1v) is 8.49. The number of benzene rings is 1. The maximum Gasteiger partial charge on any atom is 0.338 e. The Balaban J connectivity index is 1.87. The van der Waals surface area contributed by atoms with Crippen LogP contribution in [0.5, 0.6) is 0 Å². The Bertz CT molecular complexity index is 744. The maximum atomic E-state index is 12.1. The molecule has 0 aliphatic rings. The van der Waals surface area contributed by atoms with Gasteiger partial charge >= 0.3 is 5.97 Å². The summed E-state index contributed by atoms with van der Waals surface area (Å²) in [5.41, 5.74) is 0.858. The molecule has 0 atom stereocenters. The second kappa shape index (κ2) is 7.68. The van der Waals surface area contributed by atoms with Crippen LogP contribution in [-0.4, -0.2) is 38.8 Å². The minimum absolute atomic E-state index is 0.0826. The van der Waals surface area contributed by atoms with Crippen molar-refractivity contribution in [3.63, 3.8) is 0 Å². The molecule has 0 bridgehead atoms. The molecule has 0 aliphatic heterocycles. The van der Waals surface area contributed by atoms with Crippen LogP contribution in [0.25, 0.3) is 5.69 Å². The molecule has 1 amide bonds. The van der Waals surface area contributed by atoms with E-state index < -0.39 is 5.97 Å². The fourth-order valence-electron chi connectivity index (χ4n) is 3.09. The minimum atomic E-state index is -0.543. The second-order valence-electron chi connectivity index (χ2n) is 8.13. The quantitative estimate of drug-likeness (QED) is 0.803. The van der Waals surface area contributed by atoms with E-state index in [2.05, 4.69) is 36.2 Å². The Morgan fingerprint density at radius 1 is 1.12 bits per heavy atom. The molecule has 0 spiro atoms. The Morgan fingerprint density at radius 2 is 1.77 bits per heavy atom. The molecule has 0 radical (unpaired) electrons. The molecule has 0 saturated carbocycles. The number of carbonyl (C=O) groups excluding carboxylic acids is 2. The molecule has 0 saturated heterocycles. The molecule has 140 valence electrons. The average molecular weight is 358 g/mol. The maximum absolute atomic E-state index is 12.1. The molecule has 1 aromatic heterocycles. The van der Waals surface area contributed by atoms with E-state index in [1.165, 1.54) is 6.33 Å². The monoisotopic (exact) mass is 358 g/mol. The van der Waals surface area contributed by atoms with Crippen LogP contribution in [0.4, 0.5) is 0 Å². The molecule has 2 rings (SSSR count). The third-order valence-electron chi connectivity index (χ3n) is 3.57. The summed E-state index contributed by atoms with van der Waals surface area (Å²) in [6, 6.07) is 6.72. The fraction of sp³-hybridized carbons (Fsp3) is 0.474. The van der Waals surface area contributed by atoms with Gasteiger partial charge in [-0.3, -0.25) is 4.79 Å². The highest BCUT2D eigenvalue weighted by atomic mass is 16.5. The number of ether oxygens (including phenoxy) is 1. The Labute approximate surface area is 153 Å². The highest BCUT2D eigenvalue weighted by Gasteiger charge is 2.27. The van der Waals surface area contributed by atoms with E-state index in [9.17, 15) is 9.59 Å². The smallest absolute Gasteiger partial charge is 0.338 e. The molecule has 1 heterocycles. The molecule has 1 N–H and O–H groups in total. The molecule has 7 heteroatoms. The van der Waals surface area contributed by atoms with Gasteiger partial charge in [0, 0.05) is 5.54 Å². The van der Waals surface area contributed by atoms with Gasteiger partial charge in [0.05, 0.1) is 11.3 Å². The van der Waals surface area contributed by atoms with E-state index in [1.54, 1.807) is 35.3 Å². The van der Waals surface area contributed by atoms with Crippen molar-refractivity contribution in [2.45, 2.75) is 46.6 Å². The SMILES string of the molecule is CC(C)(C)CC(C)(C)NC(=O)COC(=O)c1ccc(-n2cncn2)cc1. The number of nitrogens with zero attached hydrogens (tertiary/aromatic N) is 3. The number of nitrogens with one attached hydrogen (secondary N) is 1. The zero-order chi connectivity index (χ0) is 19.4. The van der Waals surface area contributed by atoms with Crippen molar-refractivity contribution < 1.29 is 14.3 Å². The van der Waals surface area contributed by atoms with E-state index >= 15 is 0 Å². The predicted octanol–water partition coefficient (Wildman–Crippen LogP) is 2.76. The number of hydrogen-bond donors (Lipinski definition) is 1. The van der Waals surface area contributed by atoms with Crippen LogP contribution in [0.15, 0.2) is 36.9 Å². The number of aromatic nitrogens is 3. The van der Waals surface area contributed by atoms with E-state index in [-0.39, 0.29) is 23.5 Å². The van der Waals surface area contributed by atoms with E-state index in [0.717, 1.165) is 12.1 Å². The van der Waals surface area contributed by atoms with Gasteiger partial charge in [0.25, 0.3) is 5.91 Å². The number of carbonyl (C=O) groups is 2. The molecule has 0 aliphatic carbocycles. The van der Waals surface area contributed by atoms with E-state index in [1.807, 2.05) is 13.8 Å². The Kier molecular flexibility index (Phi) is 5.79. The lowest BCUT2D eigenvalue weighted by Crippen LogP contribution is -2.47. The molecular weight excluding hydrogens is 332 g/mol. The van der Waals surface area contributed by atoms with Gasteiger partial charge in [0.15, 0.2) is 6.61 Å². The summed E-state index contributed by atoms with van der Waals surface area (Å²) in [6.07, 6.45) is 3.81. The lowest BCUT2D eigenvalue weighted by Gasteiger charge is -2.33. The lowest BCUT2D eigenvalue weighted by molar-refractivity contribution is -0.126. The van der Waals surface area contributed by atoms with Crippen molar-refractivity contribution in [1.82, 2.24) is 20.1 Å².